The number of carbonyl (C=O) groups excluding carboxylic acids is 2. The summed E-state index contributed by atoms with van der Waals surface area (Å²) in [5, 5.41) is 20.2. The van der Waals surface area contributed by atoms with E-state index in [-0.39, 0.29) is 41.6 Å². The van der Waals surface area contributed by atoms with Gasteiger partial charge in [-0.15, -0.1) is 12.4 Å². The molecule has 182 valence electrons. The van der Waals surface area contributed by atoms with Crippen LogP contribution in [0, 0.1) is 10.1 Å². The van der Waals surface area contributed by atoms with Crippen LogP contribution in [0.2, 0.25) is 0 Å². The molecular formula is C25H21ClN6O4. The Kier molecular flexibility index (Phi) is 8.26. The molecule has 0 radical (unpaired) electrons. The standard InChI is InChI=1S/C25H20N6O4.ClH/c1-16(32)27-18-11-13-19(14-12-18)28-25-26-15-22(31(34)35)24(30-25)29-21-10-6-5-9-20(21)23(33)17-7-3-2-4-8-17;/h2-15H,1H3,(H,27,32)(H2,26,28,29,30);1H. The summed E-state index contributed by atoms with van der Waals surface area (Å²) in [6.45, 7) is 1.41. The van der Waals surface area contributed by atoms with Gasteiger partial charge in [-0.25, -0.2) is 4.98 Å². The van der Waals surface area contributed by atoms with E-state index in [0.717, 1.165) is 6.20 Å². The number of para-hydroxylation sites is 1. The molecule has 4 aromatic rings. The molecule has 0 saturated carbocycles. The highest BCUT2D eigenvalue weighted by Gasteiger charge is 2.20. The summed E-state index contributed by atoms with van der Waals surface area (Å²) in [5.41, 5.74) is 2.08. The zero-order chi connectivity index (χ0) is 24.8. The maximum atomic E-state index is 13.0. The summed E-state index contributed by atoms with van der Waals surface area (Å²) < 4.78 is 0. The van der Waals surface area contributed by atoms with Gasteiger partial charge in [0.05, 0.1) is 10.6 Å². The van der Waals surface area contributed by atoms with Gasteiger partial charge in [-0.2, -0.15) is 4.98 Å². The molecule has 36 heavy (non-hydrogen) atoms. The fourth-order valence-corrected chi connectivity index (χ4v) is 3.29. The molecule has 0 saturated heterocycles. The first-order valence-electron chi connectivity index (χ1n) is 10.5. The molecule has 1 aromatic heterocycles. The molecule has 4 rings (SSSR count). The smallest absolute Gasteiger partial charge is 0.329 e. The van der Waals surface area contributed by atoms with Gasteiger partial charge in [0.25, 0.3) is 0 Å². The van der Waals surface area contributed by atoms with Crippen molar-refractivity contribution in [3.8, 4) is 0 Å². The number of anilines is 5. The number of rotatable bonds is 8. The van der Waals surface area contributed by atoms with Crippen LogP contribution in [-0.2, 0) is 4.79 Å². The molecule has 0 aliphatic carbocycles. The third kappa shape index (κ3) is 6.19. The normalized spacial score (nSPS) is 10.0. The van der Waals surface area contributed by atoms with Crippen LogP contribution in [0.1, 0.15) is 22.8 Å². The van der Waals surface area contributed by atoms with Gasteiger partial charge >= 0.3 is 5.69 Å². The van der Waals surface area contributed by atoms with Crippen LogP contribution in [0.3, 0.4) is 0 Å². The molecule has 0 spiro atoms. The van der Waals surface area contributed by atoms with E-state index in [1.807, 2.05) is 6.07 Å². The molecule has 0 unspecified atom stereocenters. The zero-order valence-corrected chi connectivity index (χ0v) is 19.8. The van der Waals surface area contributed by atoms with Crippen LogP contribution < -0.4 is 16.0 Å². The highest BCUT2D eigenvalue weighted by Crippen LogP contribution is 2.29. The average Bonchev–Trinajstić information content (AvgIpc) is 2.85. The Hall–Kier alpha value is -4.83. The van der Waals surface area contributed by atoms with Crippen molar-refractivity contribution in [3.05, 3.63) is 106 Å². The highest BCUT2D eigenvalue weighted by atomic mass is 35.5. The van der Waals surface area contributed by atoms with E-state index in [1.54, 1.807) is 72.8 Å². The third-order valence-corrected chi connectivity index (χ3v) is 4.89. The number of nitro groups is 1. The van der Waals surface area contributed by atoms with Crippen LogP contribution in [0.4, 0.5) is 34.5 Å². The van der Waals surface area contributed by atoms with Crippen molar-refractivity contribution in [3.63, 3.8) is 0 Å². The molecule has 1 heterocycles. The number of nitrogens with zero attached hydrogens (tertiary/aromatic N) is 3. The van der Waals surface area contributed by atoms with Crippen LogP contribution in [0.25, 0.3) is 0 Å². The minimum Gasteiger partial charge on any atom is -0.334 e. The Morgan fingerprint density at radius 3 is 2.17 bits per heavy atom. The van der Waals surface area contributed by atoms with Crippen LogP contribution in [-0.4, -0.2) is 26.6 Å². The van der Waals surface area contributed by atoms with Gasteiger partial charge in [0.1, 0.15) is 6.20 Å². The van der Waals surface area contributed by atoms with Gasteiger partial charge in [-0.1, -0.05) is 42.5 Å². The minimum atomic E-state index is -0.601. The van der Waals surface area contributed by atoms with Crippen molar-refractivity contribution in [2.45, 2.75) is 6.92 Å². The molecule has 0 bridgehead atoms. The first-order valence-corrected chi connectivity index (χ1v) is 10.5. The minimum absolute atomic E-state index is 0. The Bertz CT molecular complexity index is 1400. The van der Waals surface area contributed by atoms with Crippen molar-refractivity contribution in [2.75, 3.05) is 16.0 Å². The molecule has 0 atom stereocenters. The quantitative estimate of drug-likeness (QED) is 0.163. The fraction of sp³-hybridized carbons (Fsp3) is 0.0400. The number of aromatic nitrogens is 2. The lowest BCUT2D eigenvalue weighted by molar-refractivity contribution is -0.384. The van der Waals surface area contributed by atoms with Gasteiger partial charge in [0.2, 0.25) is 17.7 Å². The molecular weight excluding hydrogens is 484 g/mol. The SMILES string of the molecule is CC(=O)Nc1ccc(Nc2ncc([N+](=O)[O-])c(Nc3ccccc3C(=O)c3ccccc3)n2)cc1.Cl. The van der Waals surface area contributed by atoms with E-state index >= 15 is 0 Å². The van der Waals surface area contributed by atoms with Gasteiger partial charge in [0.15, 0.2) is 5.78 Å². The molecule has 3 aromatic carbocycles. The molecule has 10 nitrogen and oxygen atoms in total. The fourth-order valence-electron chi connectivity index (χ4n) is 3.29. The van der Waals surface area contributed by atoms with Crippen LogP contribution in [0.5, 0.6) is 0 Å². The number of hydrogen-bond acceptors (Lipinski definition) is 8. The van der Waals surface area contributed by atoms with E-state index < -0.39 is 4.92 Å². The molecule has 0 aliphatic rings. The van der Waals surface area contributed by atoms with Gasteiger partial charge in [-0.3, -0.25) is 19.7 Å². The summed E-state index contributed by atoms with van der Waals surface area (Å²) >= 11 is 0. The van der Waals surface area contributed by atoms with Crippen LogP contribution in [0.15, 0.2) is 85.1 Å². The highest BCUT2D eigenvalue weighted by molar-refractivity contribution is 6.12. The Labute approximate surface area is 212 Å². The van der Waals surface area contributed by atoms with E-state index in [4.69, 9.17) is 0 Å². The van der Waals surface area contributed by atoms with E-state index in [1.165, 1.54) is 6.92 Å². The molecule has 3 N–H and O–H groups in total. The monoisotopic (exact) mass is 504 g/mol. The third-order valence-electron chi connectivity index (χ3n) is 4.89. The Morgan fingerprint density at radius 2 is 1.50 bits per heavy atom. The lowest BCUT2D eigenvalue weighted by Crippen LogP contribution is -2.08. The van der Waals surface area contributed by atoms with Crippen LogP contribution >= 0.6 is 12.4 Å². The van der Waals surface area contributed by atoms with Gasteiger partial charge in [0, 0.05) is 29.4 Å². The topological polar surface area (TPSA) is 139 Å². The van der Waals surface area contributed by atoms with Crippen molar-refractivity contribution < 1.29 is 14.5 Å². The number of halogens is 1. The van der Waals surface area contributed by atoms with Gasteiger partial charge < -0.3 is 16.0 Å². The zero-order valence-electron chi connectivity index (χ0n) is 19.0. The summed E-state index contributed by atoms with van der Waals surface area (Å²) in [6, 6.07) is 22.3. The number of carbonyl (C=O) groups is 2. The van der Waals surface area contributed by atoms with Crippen molar-refractivity contribution in [1.29, 1.82) is 0 Å². The van der Waals surface area contributed by atoms with Crippen molar-refractivity contribution in [2.24, 2.45) is 0 Å². The first kappa shape index (κ1) is 25.8. The Balaban J connectivity index is 0.00000361. The molecule has 1 amide bonds. The molecule has 0 fully saturated rings. The summed E-state index contributed by atoms with van der Waals surface area (Å²) in [5.74, 6) is -0.387. The lowest BCUT2D eigenvalue weighted by Gasteiger charge is -2.12. The Morgan fingerprint density at radius 1 is 0.861 bits per heavy atom. The maximum Gasteiger partial charge on any atom is 0.329 e. The van der Waals surface area contributed by atoms with Crippen molar-refractivity contribution >= 4 is 58.6 Å². The summed E-state index contributed by atoms with van der Waals surface area (Å²) in [7, 11) is 0. The second-order valence-corrected chi connectivity index (χ2v) is 7.43. The lowest BCUT2D eigenvalue weighted by atomic mass is 10.0. The number of nitrogens with one attached hydrogen (secondary N) is 3. The summed E-state index contributed by atoms with van der Waals surface area (Å²) in [6.07, 6.45) is 1.09. The van der Waals surface area contributed by atoms with Gasteiger partial charge in [-0.05, 0) is 36.4 Å². The number of amides is 1. The first-order chi connectivity index (χ1) is 16.9. The predicted molar refractivity (Wildman–Crippen MR) is 140 cm³/mol. The van der Waals surface area contributed by atoms with E-state index in [2.05, 4.69) is 25.9 Å². The van der Waals surface area contributed by atoms with Crippen molar-refractivity contribution in [1.82, 2.24) is 9.97 Å². The average molecular weight is 505 g/mol. The second kappa shape index (κ2) is 11.5. The molecule has 11 heteroatoms. The number of hydrogen-bond donors (Lipinski definition) is 3. The summed E-state index contributed by atoms with van der Waals surface area (Å²) in [4.78, 5) is 43.5. The largest absolute Gasteiger partial charge is 0.334 e. The maximum absolute atomic E-state index is 13.0. The number of ketones is 1. The van der Waals surface area contributed by atoms with E-state index in [0.29, 0.717) is 28.2 Å². The predicted octanol–water partition coefficient (Wildman–Crippen LogP) is 5.48. The number of benzene rings is 3. The van der Waals surface area contributed by atoms with E-state index in [9.17, 15) is 19.7 Å². The second-order valence-electron chi connectivity index (χ2n) is 7.43. The molecule has 0 aliphatic heterocycles.